The molecule has 16 aromatic rings. The van der Waals surface area contributed by atoms with Gasteiger partial charge in [-0.15, -0.1) is 0 Å². The van der Waals surface area contributed by atoms with Gasteiger partial charge in [-0.25, -0.2) is 0 Å². The van der Waals surface area contributed by atoms with Crippen LogP contribution in [0.1, 0.15) is 0 Å². The number of para-hydroxylation sites is 6. The van der Waals surface area contributed by atoms with Crippen molar-refractivity contribution in [3.63, 3.8) is 0 Å². The zero-order chi connectivity index (χ0) is 50.6. The van der Waals surface area contributed by atoms with Crippen molar-refractivity contribution in [1.29, 1.82) is 0 Å². The van der Waals surface area contributed by atoms with Crippen LogP contribution in [0.25, 0.3) is 110 Å². The molecular weight excluding hydrogens is 949 g/mol. The van der Waals surface area contributed by atoms with Crippen LogP contribution < -0.4 is 20.7 Å². The normalized spacial score (nSPS) is 12.2. The van der Waals surface area contributed by atoms with Crippen LogP contribution in [0.4, 0.5) is 0 Å². The minimum atomic E-state index is -3.15. The van der Waals surface area contributed by atoms with Gasteiger partial charge in [-0.3, -0.25) is 0 Å². The number of fused-ring (bicyclic) bond motifs is 12. The fourth-order valence-corrected chi connectivity index (χ4v) is 18.0. The molecule has 0 unspecified atom stereocenters. The van der Waals surface area contributed by atoms with Gasteiger partial charge in [-0.05, 0) is 118 Å². The Morgan fingerprint density at radius 1 is 0.169 bits per heavy atom. The molecule has 0 aliphatic rings. The van der Waals surface area contributed by atoms with Crippen molar-refractivity contribution < 1.29 is 0 Å². The minimum absolute atomic E-state index is 1.14. The number of nitrogens with zero attached hydrogens (tertiary/aromatic N) is 4. The summed E-state index contributed by atoms with van der Waals surface area (Å²) in [5.74, 6) is 0. The summed E-state index contributed by atoms with van der Waals surface area (Å²) in [5, 5.41) is 15.3. The first-order chi connectivity index (χ1) is 38.2. The van der Waals surface area contributed by atoms with Gasteiger partial charge in [0.15, 0.2) is 8.07 Å². The van der Waals surface area contributed by atoms with E-state index in [1.54, 1.807) is 0 Å². The molecule has 16 rings (SSSR count). The summed E-state index contributed by atoms with van der Waals surface area (Å²) in [6.45, 7) is 0. The molecule has 0 atom stereocenters. The standard InChI is InChI=1S/C72H48N4Si/c1-7-23-49(24-8-1)73-65-37-21-19-35-57(65)61-45-63-59-43-55(39-41-67(59)75(71(63)47-69(61)73)51-27-11-3-12-28-51)77(53-31-15-5-16-32-53,54-33-17-6-18-34-54)56-40-42-68-60(44-56)64-46-62-58-36-20-22-38-66(58)74(50-25-9-2-10-26-50)70(62)48-72(64)76(68)52-29-13-4-14-30-52/h1-48H. The SMILES string of the molecule is c1ccc(-n2c3ccccc3c3cc4c5cc([Si](c6ccccc6)(c6ccccc6)c6ccc7c(c6)c6cc8c9ccccc9n(-c9ccccc9)c8cc6n7-c6ccccc6)ccc5n(-c5ccccc5)c4cc32)cc1. The molecule has 0 aliphatic carbocycles. The molecule has 0 amide bonds. The van der Waals surface area contributed by atoms with Gasteiger partial charge in [0.05, 0.1) is 44.1 Å². The van der Waals surface area contributed by atoms with Gasteiger partial charge in [0.2, 0.25) is 0 Å². The Balaban J connectivity index is 1.02. The van der Waals surface area contributed by atoms with Crippen molar-refractivity contribution in [2.45, 2.75) is 0 Å². The van der Waals surface area contributed by atoms with E-state index in [4.69, 9.17) is 0 Å². The van der Waals surface area contributed by atoms with Crippen LogP contribution in [-0.2, 0) is 0 Å². The van der Waals surface area contributed by atoms with Crippen molar-refractivity contribution in [3.05, 3.63) is 291 Å². The van der Waals surface area contributed by atoms with E-state index >= 15 is 0 Å². The van der Waals surface area contributed by atoms with E-state index in [0.29, 0.717) is 0 Å². The molecule has 4 nitrogen and oxygen atoms in total. The third-order valence-electron chi connectivity index (χ3n) is 16.5. The van der Waals surface area contributed by atoms with E-state index in [0.717, 1.165) is 22.7 Å². The average molecular weight is 997 g/mol. The van der Waals surface area contributed by atoms with E-state index in [9.17, 15) is 0 Å². The quantitative estimate of drug-likeness (QED) is 0.107. The number of rotatable bonds is 8. The summed E-state index contributed by atoms with van der Waals surface area (Å²) in [6.07, 6.45) is 0. The molecule has 0 bridgehead atoms. The second-order valence-electron chi connectivity index (χ2n) is 20.4. The molecule has 4 aromatic heterocycles. The Labute approximate surface area is 445 Å². The Morgan fingerprint density at radius 3 is 0.766 bits per heavy atom. The Morgan fingerprint density at radius 2 is 0.429 bits per heavy atom. The van der Waals surface area contributed by atoms with Crippen molar-refractivity contribution in [2.24, 2.45) is 0 Å². The highest BCUT2D eigenvalue weighted by atomic mass is 28.3. The highest BCUT2D eigenvalue weighted by molar-refractivity contribution is 7.20. The van der Waals surface area contributed by atoms with Gasteiger partial charge in [-0.1, -0.05) is 194 Å². The smallest absolute Gasteiger partial charge is 0.179 e. The molecule has 77 heavy (non-hydrogen) atoms. The molecule has 4 heterocycles. The molecule has 0 saturated heterocycles. The lowest BCUT2D eigenvalue weighted by Crippen LogP contribution is -2.74. The fraction of sp³-hybridized carbons (Fsp3) is 0. The summed E-state index contributed by atoms with van der Waals surface area (Å²) in [7, 11) is -3.15. The first-order valence-electron chi connectivity index (χ1n) is 26.6. The lowest BCUT2D eigenvalue weighted by Gasteiger charge is -2.34. The van der Waals surface area contributed by atoms with Crippen molar-refractivity contribution in [2.75, 3.05) is 0 Å². The van der Waals surface area contributed by atoms with Crippen molar-refractivity contribution in [3.8, 4) is 22.7 Å². The average Bonchev–Trinajstić information content (AvgIpc) is 4.42. The summed E-state index contributed by atoms with van der Waals surface area (Å²) in [5.41, 5.74) is 14.1. The molecule has 360 valence electrons. The molecule has 0 radical (unpaired) electrons. The first-order valence-corrected chi connectivity index (χ1v) is 28.6. The van der Waals surface area contributed by atoms with E-state index in [1.165, 1.54) is 108 Å². The van der Waals surface area contributed by atoms with Gasteiger partial charge >= 0.3 is 0 Å². The van der Waals surface area contributed by atoms with Gasteiger partial charge in [0.25, 0.3) is 0 Å². The molecular formula is C72H48N4Si. The summed E-state index contributed by atoms with van der Waals surface area (Å²) < 4.78 is 9.83. The van der Waals surface area contributed by atoms with Crippen LogP contribution in [0.3, 0.4) is 0 Å². The van der Waals surface area contributed by atoms with Gasteiger partial charge in [-0.2, -0.15) is 0 Å². The van der Waals surface area contributed by atoms with Crippen LogP contribution in [0, 0.1) is 0 Å². The van der Waals surface area contributed by atoms with E-state index in [1.807, 2.05) is 0 Å². The summed E-state index contributed by atoms with van der Waals surface area (Å²) in [4.78, 5) is 0. The maximum Gasteiger partial charge on any atom is 0.179 e. The maximum absolute atomic E-state index is 3.15. The number of aromatic nitrogens is 4. The monoisotopic (exact) mass is 996 g/mol. The molecule has 0 N–H and O–H groups in total. The lowest BCUT2D eigenvalue weighted by atomic mass is 10.1. The van der Waals surface area contributed by atoms with Gasteiger partial charge in [0.1, 0.15) is 0 Å². The number of hydrogen-bond donors (Lipinski definition) is 0. The van der Waals surface area contributed by atoms with E-state index in [-0.39, 0.29) is 0 Å². The zero-order valence-corrected chi connectivity index (χ0v) is 43.0. The predicted molar refractivity (Wildman–Crippen MR) is 327 cm³/mol. The minimum Gasteiger partial charge on any atom is -0.309 e. The second kappa shape index (κ2) is 17.0. The first kappa shape index (κ1) is 43.5. The van der Waals surface area contributed by atoms with Gasteiger partial charge in [0, 0.05) is 65.8 Å². The largest absolute Gasteiger partial charge is 0.309 e. The molecule has 0 saturated carbocycles. The van der Waals surface area contributed by atoms with Crippen LogP contribution in [0.15, 0.2) is 291 Å². The predicted octanol–water partition coefficient (Wildman–Crippen LogP) is 15.5. The Kier molecular flexibility index (Phi) is 9.62. The highest BCUT2D eigenvalue weighted by Crippen LogP contribution is 2.42. The van der Waals surface area contributed by atoms with Crippen LogP contribution in [0.2, 0.25) is 0 Å². The fourth-order valence-electron chi connectivity index (χ4n) is 13.2. The Hall–Kier alpha value is -9.94. The Bertz CT molecular complexity index is 4620. The van der Waals surface area contributed by atoms with Crippen molar-refractivity contribution >= 4 is 116 Å². The molecule has 0 fully saturated rings. The zero-order valence-electron chi connectivity index (χ0n) is 42.0. The van der Waals surface area contributed by atoms with Gasteiger partial charge < -0.3 is 18.3 Å². The summed E-state index contributed by atoms with van der Waals surface area (Å²) >= 11 is 0. The topological polar surface area (TPSA) is 19.7 Å². The molecule has 0 aliphatic heterocycles. The number of benzene rings is 12. The molecule has 12 aromatic carbocycles. The number of hydrogen-bond acceptors (Lipinski definition) is 0. The molecule has 0 spiro atoms. The lowest BCUT2D eigenvalue weighted by molar-refractivity contribution is 1.16. The van der Waals surface area contributed by atoms with Crippen LogP contribution >= 0.6 is 0 Å². The second-order valence-corrected chi connectivity index (χ2v) is 24.2. The maximum atomic E-state index is 2.57. The third-order valence-corrected chi connectivity index (χ3v) is 21.2. The van der Waals surface area contributed by atoms with Crippen LogP contribution in [0.5, 0.6) is 0 Å². The molecule has 5 heteroatoms. The van der Waals surface area contributed by atoms with E-state index in [2.05, 4.69) is 309 Å². The van der Waals surface area contributed by atoms with Crippen LogP contribution in [-0.4, -0.2) is 26.3 Å². The summed E-state index contributed by atoms with van der Waals surface area (Å²) in [6, 6.07) is 109. The van der Waals surface area contributed by atoms with Crippen molar-refractivity contribution in [1.82, 2.24) is 18.3 Å². The third kappa shape index (κ3) is 6.38. The highest BCUT2D eigenvalue weighted by Gasteiger charge is 2.42. The van der Waals surface area contributed by atoms with E-state index < -0.39 is 8.07 Å².